The van der Waals surface area contributed by atoms with Gasteiger partial charge in [-0.15, -0.1) is 11.3 Å². The van der Waals surface area contributed by atoms with Gasteiger partial charge in [-0.2, -0.15) is 0 Å². The summed E-state index contributed by atoms with van der Waals surface area (Å²) in [6.45, 7) is 1.49. The van der Waals surface area contributed by atoms with Gasteiger partial charge in [-0.3, -0.25) is 4.39 Å². The minimum atomic E-state index is -0.225. The molecule has 1 rings (SSSR count). The van der Waals surface area contributed by atoms with Crippen LogP contribution in [0.3, 0.4) is 0 Å². The number of hydrogen-bond acceptors (Lipinski definition) is 2. The molecule has 0 aromatic carbocycles. The van der Waals surface area contributed by atoms with Crippen LogP contribution < -0.4 is 5.32 Å². The molecule has 1 heterocycles. The van der Waals surface area contributed by atoms with Gasteiger partial charge in [0.1, 0.15) is 0 Å². The summed E-state index contributed by atoms with van der Waals surface area (Å²) >= 11 is 5.17. The normalized spacial score (nSPS) is 10.6. The van der Waals surface area contributed by atoms with E-state index in [9.17, 15) is 4.39 Å². The topological polar surface area (TPSA) is 12.0 Å². The van der Waals surface area contributed by atoms with Crippen LogP contribution in [0.25, 0.3) is 0 Å². The zero-order valence-electron chi connectivity index (χ0n) is 7.35. The molecule has 0 aliphatic heterocycles. The quantitative estimate of drug-likeness (QED) is 0.780. The standard InChI is InChI=1S/C9H13BrFNS/c10-9-3-2-8(13-9)4-7-12-6-1-5-11/h2-3,12H,1,4-7H2. The van der Waals surface area contributed by atoms with Crippen molar-refractivity contribution in [3.63, 3.8) is 0 Å². The molecule has 0 unspecified atom stereocenters. The average molecular weight is 266 g/mol. The van der Waals surface area contributed by atoms with E-state index in [4.69, 9.17) is 0 Å². The fourth-order valence-electron chi connectivity index (χ4n) is 1.01. The van der Waals surface area contributed by atoms with E-state index in [-0.39, 0.29) is 6.67 Å². The molecule has 0 fully saturated rings. The zero-order valence-corrected chi connectivity index (χ0v) is 9.76. The van der Waals surface area contributed by atoms with Crippen LogP contribution in [0.5, 0.6) is 0 Å². The van der Waals surface area contributed by atoms with Gasteiger partial charge in [0.05, 0.1) is 10.5 Å². The van der Waals surface area contributed by atoms with Crippen molar-refractivity contribution in [3.05, 3.63) is 20.8 Å². The summed E-state index contributed by atoms with van der Waals surface area (Å²) in [5.74, 6) is 0. The Labute approximate surface area is 90.5 Å². The average Bonchev–Trinajstić information content (AvgIpc) is 2.51. The number of hydrogen-bond donors (Lipinski definition) is 1. The maximum Gasteiger partial charge on any atom is 0.0906 e. The van der Waals surface area contributed by atoms with Crippen LogP contribution in [0.4, 0.5) is 4.39 Å². The second kappa shape index (κ2) is 6.51. The third-order valence-electron chi connectivity index (χ3n) is 1.66. The molecule has 13 heavy (non-hydrogen) atoms. The molecule has 0 amide bonds. The zero-order chi connectivity index (χ0) is 9.52. The number of rotatable bonds is 6. The van der Waals surface area contributed by atoms with E-state index in [1.54, 1.807) is 11.3 Å². The summed E-state index contributed by atoms with van der Waals surface area (Å²) in [6, 6.07) is 4.17. The Morgan fingerprint density at radius 3 is 2.85 bits per heavy atom. The van der Waals surface area contributed by atoms with Crippen LogP contribution >= 0.6 is 27.3 Å². The second-order valence-corrected chi connectivity index (χ2v) is 5.30. The van der Waals surface area contributed by atoms with E-state index in [1.165, 1.54) is 8.66 Å². The molecule has 0 aliphatic carbocycles. The number of thiophene rings is 1. The Morgan fingerprint density at radius 1 is 1.38 bits per heavy atom. The Bertz CT molecular complexity index is 239. The molecular weight excluding hydrogens is 253 g/mol. The van der Waals surface area contributed by atoms with Crippen molar-refractivity contribution in [1.82, 2.24) is 5.32 Å². The molecule has 0 saturated carbocycles. The molecule has 74 valence electrons. The van der Waals surface area contributed by atoms with Gasteiger partial charge in [0.25, 0.3) is 0 Å². The predicted octanol–water partition coefficient (Wildman–Crippen LogP) is 3.00. The fraction of sp³-hybridized carbons (Fsp3) is 0.556. The summed E-state index contributed by atoms with van der Waals surface area (Å²) in [6.07, 6.45) is 1.65. The summed E-state index contributed by atoms with van der Waals surface area (Å²) in [7, 11) is 0. The number of alkyl halides is 1. The van der Waals surface area contributed by atoms with Gasteiger partial charge in [-0.1, -0.05) is 0 Å². The molecule has 1 aromatic heterocycles. The maximum atomic E-state index is 11.7. The Kier molecular flexibility index (Phi) is 5.58. The van der Waals surface area contributed by atoms with Crippen molar-refractivity contribution in [2.24, 2.45) is 0 Å². The Hall–Kier alpha value is 0.0700. The molecule has 0 saturated heterocycles. The van der Waals surface area contributed by atoms with Crippen molar-refractivity contribution in [2.45, 2.75) is 12.8 Å². The van der Waals surface area contributed by atoms with Gasteiger partial charge >= 0.3 is 0 Å². The first kappa shape index (κ1) is 11.1. The van der Waals surface area contributed by atoms with Crippen LogP contribution in [-0.4, -0.2) is 19.8 Å². The minimum Gasteiger partial charge on any atom is -0.316 e. The first-order valence-electron chi connectivity index (χ1n) is 4.34. The third kappa shape index (κ3) is 4.74. The molecule has 0 atom stereocenters. The lowest BCUT2D eigenvalue weighted by atomic mass is 10.3. The largest absolute Gasteiger partial charge is 0.316 e. The molecule has 0 spiro atoms. The molecular formula is C9H13BrFNS. The SMILES string of the molecule is FCCCNCCc1ccc(Br)s1. The Balaban J connectivity index is 2.06. The van der Waals surface area contributed by atoms with Crippen LogP contribution in [0.1, 0.15) is 11.3 Å². The van der Waals surface area contributed by atoms with Crippen molar-refractivity contribution >= 4 is 27.3 Å². The van der Waals surface area contributed by atoms with Crippen molar-refractivity contribution in [3.8, 4) is 0 Å². The lowest BCUT2D eigenvalue weighted by molar-refractivity contribution is 0.460. The van der Waals surface area contributed by atoms with Crippen LogP contribution in [0.15, 0.2) is 15.9 Å². The number of halogens is 2. The van der Waals surface area contributed by atoms with Crippen molar-refractivity contribution in [2.75, 3.05) is 19.8 Å². The number of nitrogens with one attached hydrogen (secondary N) is 1. The molecule has 1 N–H and O–H groups in total. The van der Waals surface area contributed by atoms with Gasteiger partial charge in [0.2, 0.25) is 0 Å². The lowest BCUT2D eigenvalue weighted by Crippen LogP contribution is -2.18. The maximum absolute atomic E-state index is 11.7. The first-order valence-corrected chi connectivity index (χ1v) is 5.95. The van der Waals surface area contributed by atoms with E-state index >= 15 is 0 Å². The minimum absolute atomic E-state index is 0.225. The summed E-state index contributed by atoms with van der Waals surface area (Å²) in [4.78, 5) is 1.36. The highest BCUT2D eigenvalue weighted by atomic mass is 79.9. The van der Waals surface area contributed by atoms with E-state index in [0.717, 1.165) is 19.5 Å². The van der Waals surface area contributed by atoms with E-state index < -0.39 is 0 Å². The second-order valence-electron chi connectivity index (χ2n) is 2.75. The highest BCUT2D eigenvalue weighted by Gasteiger charge is 1.96. The van der Waals surface area contributed by atoms with Crippen LogP contribution in [-0.2, 0) is 6.42 Å². The van der Waals surface area contributed by atoms with Gasteiger partial charge in [0, 0.05) is 4.88 Å². The van der Waals surface area contributed by atoms with Crippen LogP contribution in [0.2, 0.25) is 0 Å². The van der Waals surface area contributed by atoms with E-state index in [2.05, 4.69) is 33.4 Å². The Morgan fingerprint density at radius 2 is 2.23 bits per heavy atom. The van der Waals surface area contributed by atoms with Gasteiger partial charge in [0.15, 0.2) is 0 Å². The van der Waals surface area contributed by atoms with Gasteiger partial charge in [-0.05, 0) is 54.0 Å². The molecule has 1 nitrogen and oxygen atoms in total. The first-order chi connectivity index (χ1) is 6.33. The molecule has 0 bridgehead atoms. The van der Waals surface area contributed by atoms with Gasteiger partial charge < -0.3 is 5.32 Å². The highest BCUT2D eigenvalue weighted by Crippen LogP contribution is 2.21. The van der Waals surface area contributed by atoms with Gasteiger partial charge in [-0.25, -0.2) is 0 Å². The monoisotopic (exact) mass is 265 g/mol. The summed E-state index contributed by atoms with van der Waals surface area (Å²) < 4.78 is 12.9. The van der Waals surface area contributed by atoms with Crippen molar-refractivity contribution < 1.29 is 4.39 Å². The summed E-state index contributed by atoms with van der Waals surface area (Å²) in [5, 5.41) is 3.20. The predicted molar refractivity (Wildman–Crippen MR) is 59.2 cm³/mol. The summed E-state index contributed by atoms with van der Waals surface area (Å²) in [5.41, 5.74) is 0. The highest BCUT2D eigenvalue weighted by molar-refractivity contribution is 9.11. The molecule has 0 aliphatic rings. The molecule has 0 radical (unpaired) electrons. The van der Waals surface area contributed by atoms with E-state index in [0.29, 0.717) is 6.42 Å². The molecule has 4 heteroatoms. The smallest absolute Gasteiger partial charge is 0.0906 e. The van der Waals surface area contributed by atoms with E-state index in [1.807, 2.05) is 0 Å². The fourth-order valence-corrected chi connectivity index (χ4v) is 2.50. The third-order valence-corrected chi connectivity index (χ3v) is 3.35. The van der Waals surface area contributed by atoms with Crippen molar-refractivity contribution in [1.29, 1.82) is 0 Å². The lowest BCUT2D eigenvalue weighted by Gasteiger charge is -2.00. The molecule has 1 aromatic rings. The van der Waals surface area contributed by atoms with Crippen LogP contribution in [0, 0.1) is 0 Å².